The van der Waals surface area contributed by atoms with E-state index in [4.69, 9.17) is 9.57 Å². The van der Waals surface area contributed by atoms with Gasteiger partial charge in [-0.15, -0.1) is 0 Å². The van der Waals surface area contributed by atoms with E-state index < -0.39 is 6.09 Å². The molecule has 0 unspecified atom stereocenters. The summed E-state index contributed by atoms with van der Waals surface area (Å²) < 4.78 is 5.47. The minimum absolute atomic E-state index is 0.164. The van der Waals surface area contributed by atoms with E-state index >= 15 is 0 Å². The monoisotopic (exact) mass is 354 g/mol. The van der Waals surface area contributed by atoms with Gasteiger partial charge in [0.05, 0.1) is 18.7 Å². The molecule has 0 radical (unpaired) electrons. The van der Waals surface area contributed by atoms with Gasteiger partial charge in [-0.2, -0.15) is 0 Å². The number of fused-ring (bicyclic) bond motifs is 1. The zero-order valence-corrected chi connectivity index (χ0v) is 14.9. The quantitative estimate of drug-likeness (QED) is 0.792. The number of carbonyl (C=O) groups excluding carboxylic acids is 2. The predicted molar refractivity (Wildman–Crippen MR) is 97.4 cm³/mol. The Labute approximate surface area is 152 Å². The lowest BCUT2D eigenvalue weighted by Gasteiger charge is -2.34. The molecule has 1 heterocycles. The molecule has 2 aromatic rings. The van der Waals surface area contributed by atoms with Crippen LogP contribution in [0.5, 0.6) is 0 Å². The smallest absolute Gasteiger partial charge is 0.414 e. The molecule has 0 aromatic heterocycles. The third-order valence-electron chi connectivity index (χ3n) is 4.51. The number of ether oxygens (including phenoxy) is 1. The van der Waals surface area contributed by atoms with Gasteiger partial charge in [0.2, 0.25) is 0 Å². The highest BCUT2D eigenvalue weighted by Gasteiger charge is 2.34. The Kier molecular flexibility index (Phi) is 5.53. The van der Waals surface area contributed by atoms with Crippen LogP contribution in [0.3, 0.4) is 0 Å². The van der Waals surface area contributed by atoms with E-state index in [2.05, 4.69) is 0 Å². The molecule has 6 nitrogen and oxygen atoms in total. The zero-order chi connectivity index (χ0) is 18.5. The fraction of sp³-hybridized carbons (Fsp3) is 0.300. The summed E-state index contributed by atoms with van der Waals surface area (Å²) in [4.78, 5) is 31.7. The van der Waals surface area contributed by atoms with Crippen LogP contribution in [0.4, 0.5) is 10.5 Å². The summed E-state index contributed by atoms with van der Waals surface area (Å²) >= 11 is 0. The molecule has 1 aliphatic heterocycles. The highest BCUT2D eigenvalue weighted by molar-refractivity contribution is 5.91. The van der Waals surface area contributed by atoms with Gasteiger partial charge in [-0.1, -0.05) is 48.5 Å². The van der Waals surface area contributed by atoms with Crippen LogP contribution in [0, 0.1) is 5.92 Å². The topological polar surface area (TPSA) is 59.1 Å². The van der Waals surface area contributed by atoms with Gasteiger partial charge in [0, 0.05) is 13.6 Å². The first-order valence-corrected chi connectivity index (χ1v) is 8.48. The highest BCUT2D eigenvalue weighted by Crippen LogP contribution is 2.31. The maximum absolute atomic E-state index is 12.7. The Morgan fingerprint density at radius 2 is 1.81 bits per heavy atom. The SMILES string of the molecule is CON(C)C(=O)[C@H]1Cc2ccccc2N(C(=O)OCc2ccccc2)C1. The molecule has 0 aliphatic carbocycles. The van der Waals surface area contributed by atoms with Crippen LogP contribution in [0.25, 0.3) is 0 Å². The van der Waals surface area contributed by atoms with Crippen LogP contribution in [0.15, 0.2) is 54.6 Å². The first kappa shape index (κ1) is 17.9. The van der Waals surface area contributed by atoms with Gasteiger partial charge in [0.1, 0.15) is 6.61 Å². The van der Waals surface area contributed by atoms with E-state index in [-0.39, 0.29) is 25.0 Å². The number of nitrogens with zero attached hydrogens (tertiary/aromatic N) is 2. The number of rotatable bonds is 4. The van der Waals surface area contributed by atoms with E-state index in [1.807, 2.05) is 54.6 Å². The average Bonchev–Trinajstić information content (AvgIpc) is 2.70. The van der Waals surface area contributed by atoms with Crippen molar-refractivity contribution < 1.29 is 19.2 Å². The van der Waals surface area contributed by atoms with Crippen molar-refractivity contribution in [3.05, 3.63) is 65.7 Å². The van der Waals surface area contributed by atoms with Gasteiger partial charge in [-0.3, -0.25) is 14.5 Å². The van der Waals surface area contributed by atoms with Gasteiger partial charge >= 0.3 is 6.09 Å². The third kappa shape index (κ3) is 3.86. The van der Waals surface area contributed by atoms with E-state index in [1.54, 1.807) is 7.05 Å². The van der Waals surface area contributed by atoms with E-state index in [0.717, 1.165) is 16.8 Å². The van der Waals surface area contributed by atoms with E-state index in [1.165, 1.54) is 17.1 Å². The molecule has 0 N–H and O–H groups in total. The van der Waals surface area contributed by atoms with Crippen molar-refractivity contribution in [2.45, 2.75) is 13.0 Å². The Hall–Kier alpha value is -2.86. The van der Waals surface area contributed by atoms with E-state index in [0.29, 0.717) is 6.42 Å². The Balaban J connectivity index is 1.77. The van der Waals surface area contributed by atoms with Crippen molar-refractivity contribution in [1.82, 2.24) is 5.06 Å². The molecule has 0 bridgehead atoms. The summed E-state index contributed by atoms with van der Waals surface area (Å²) in [6.07, 6.45) is 0.101. The lowest BCUT2D eigenvalue weighted by Crippen LogP contribution is -2.46. The number of para-hydroxylation sites is 1. The minimum Gasteiger partial charge on any atom is -0.444 e. The molecule has 0 saturated carbocycles. The average molecular weight is 354 g/mol. The van der Waals surface area contributed by atoms with Crippen molar-refractivity contribution in [3.8, 4) is 0 Å². The number of benzene rings is 2. The molecule has 136 valence electrons. The standard InChI is InChI=1S/C20H22N2O4/c1-21(25-2)19(23)17-12-16-10-6-7-11-18(16)22(13-17)20(24)26-14-15-8-4-3-5-9-15/h3-11,17H,12-14H2,1-2H3/t17-/m0/s1. The Morgan fingerprint density at radius 1 is 1.12 bits per heavy atom. The third-order valence-corrected chi connectivity index (χ3v) is 4.51. The zero-order valence-electron chi connectivity index (χ0n) is 14.9. The molecular weight excluding hydrogens is 332 g/mol. The van der Waals surface area contributed by atoms with Crippen molar-refractivity contribution >= 4 is 17.7 Å². The Bertz CT molecular complexity index is 778. The second-order valence-electron chi connectivity index (χ2n) is 6.20. The summed E-state index contributed by atoms with van der Waals surface area (Å²) in [5.41, 5.74) is 2.64. The van der Waals surface area contributed by atoms with E-state index in [9.17, 15) is 9.59 Å². The van der Waals surface area contributed by atoms with Crippen LogP contribution >= 0.6 is 0 Å². The molecule has 2 aromatic carbocycles. The summed E-state index contributed by atoms with van der Waals surface area (Å²) in [6.45, 7) is 0.450. The van der Waals surface area contributed by atoms with Gasteiger partial charge < -0.3 is 4.74 Å². The number of hydrogen-bond donors (Lipinski definition) is 0. The molecule has 3 rings (SSSR count). The van der Waals surface area contributed by atoms with Gasteiger partial charge in [0.15, 0.2) is 0 Å². The number of hydroxylamine groups is 2. The predicted octanol–water partition coefficient (Wildman–Crippen LogP) is 3.02. The molecule has 1 aliphatic rings. The fourth-order valence-corrected chi connectivity index (χ4v) is 3.08. The molecule has 26 heavy (non-hydrogen) atoms. The first-order chi connectivity index (χ1) is 12.6. The summed E-state index contributed by atoms with van der Waals surface area (Å²) in [5, 5.41) is 1.20. The highest BCUT2D eigenvalue weighted by atomic mass is 16.7. The Morgan fingerprint density at radius 3 is 2.54 bits per heavy atom. The molecule has 0 saturated heterocycles. The van der Waals surface area contributed by atoms with Crippen molar-refractivity contribution in [3.63, 3.8) is 0 Å². The van der Waals surface area contributed by atoms with Crippen molar-refractivity contribution in [1.29, 1.82) is 0 Å². The number of carbonyl (C=O) groups is 2. The number of hydrogen-bond acceptors (Lipinski definition) is 4. The van der Waals surface area contributed by atoms with Gasteiger partial charge in [-0.25, -0.2) is 9.86 Å². The van der Waals surface area contributed by atoms with Crippen molar-refractivity contribution in [2.75, 3.05) is 25.6 Å². The maximum Gasteiger partial charge on any atom is 0.414 e. The summed E-state index contributed by atoms with van der Waals surface area (Å²) in [7, 11) is 3.02. The second-order valence-corrected chi connectivity index (χ2v) is 6.20. The fourth-order valence-electron chi connectivity index (χ4n) is 3.08. The molecular formula is C20H22N2O4. The van der Waals surface area contributed by atoms with Crippen LogP contribution < -0.4 is 4.90 Å². The van der Waals surface area contributed by atoms with Crippen LogP contribution in [0.1, 0.15) is 11.1 Å². The van der Waals surface area contributed by atoms with Crippen LogP contribution in [0.2, 0.25) is 0 Å². The lowest BCUT2D eigenvalue weighted by molar-refractivity contribution is -0.173. The van der Waals surface area contributed by atoms with Crippen LogP contribution in [-0.4, -0.2) is 37.8 Å². The molecule has 0 fully saturated rings. The molecule has 6 heteroatoms. The summed E-state index contributed by atoms with van der Waals surface area (Å²) in [6, 6.07) is 17.1. The van der Waals surface area contributed by atoms with Gasteiger partial charge in [-0.05, 0) is 23.6 Å². The van der Waals surface area contributed by atoms with Gasteiger partial charge in [0.25, 0.3) is 5.91 Å². The largest absolute Gasteiger partial charge is 0.444 e. The summed E-state index contributed by atoms with van der Waals surface area (Å²) in [5.74, 6) is -0.540. The molecule has 2 amide bonds. The van der Waals surface area contributed by atoms with Crippen LogP contribution in [-0.2, 0) is 27.4 Å². The molecule has 0 spiro atoms. The molecule has 1 atom stereocenters. The number of anilines is 1. The van der Waals surface area contributed by atoms with Crippen molar-refractivity contribution in [2.24, 2.45) is 5.92 Å². The number of amides is 2. The minimum atomic E-state index is -0.459. The lowest BCUT2D eigenvalue weighted by atomic mass is 9.92. The second kappa shape index (κ2) is 8.01. The normalized spacial score (nSPS) is 15.9. The maximum atomic E-state index is 12.7. The first-order valence-electron chi connectivity index (χ1n) is 8.48.